The van der Waals surface area contributed by atoms with Gasteiger partial charge >= 0.3 is 17.9 Å². The second-order valence-corrected chi connectivity index (χ2v) is 7.00. The highest BCUT2D eigenvalue weighted by Gasteiger charge is 2.46. The average Bonchev–Trinajstić information content (AvgIpc) is 2.80. The molecule has 0 saturated carbocycles. The third kappa shape index (κ3) is 6.38. The van der Waals surface area contributed by atoms with Gasteiger partial charge in [0.25, 0.3) is 5.69 Å². The van der Waals surface area contributed by atoms with E-state index in [-0.39, 0.29) is 25.5 Å². The van der Waals surface area contributed by atoms with Gasteiger partial charge in [-0.2, -0.15) is 0 Å². The van der Waals surface area contributed by atoms with Crippen LogP contribution in [0.15, 0.2) is 54.6 Å². The van der Waals surface area contributed by atoms with Crippen LogP contribution >= 0.6 is 0 Å². The SMILES string of the molecule is CCOC(=O)C(C(=O)OCC)C(c1ccc([N+](=O)[O-])cc1)C(C(=O)OCC)c1ccccc1. The number of benzene rings is 2. The lowest BCUT2D eigenvalue weighted by atomic mass is 9.73. The first-order valence-corrected chi connectivity index (χ1v) is 10.6. The normalized spacial score (nSPS) is 12.5. The van der Waals surface area contributed by atoms with E-state index in [1.807, 2.05) is 0 Å². The molecule has 0 aliphatic carbocycles. The predicted octanol–water partition coefficient (Wildman–Crippen LogP) is 3.77. The first-order valence-electron chi connectivity index (χ1n) is 10.6. The van der Waals surface area contributed by atoms with E-state index in [0.29, 0.717) is 11.1 Å². The maximum atomic E-state index is 13.2. The largest absolute Gasteiger partial charge is 0.466 e. The number of hydrogen-bond acceptors (Lipinski definition) is 8. The summed E-state index contributed by atoms with van der Waals surface area (Å²) in [5, 5.41) is 11.1. The molecule has 2 atom stereocenters. The van der Waals surface area contributed by atoms with Crippen LogP contribution in [0.2, 0.25) is 0 Å². The minimum Gasteiger partial charge on any atom is -0.466 e. The minimum atomic E-state index is -1.50. The van der Waals surface area contributed by atoms with Crippen molar-refractivity contribution in [2.75, 3.05) is 19.8 Å². The summed E-state index contributed by atoms with van der Waals surface area (Å²) in [6.45, 7) is 4.95. The number of carbonyl (C=O) groups excluding carboxylic acids is 3. The maximum absolute atomic E-state index is 13.2. The van der Waals surface area contributed by atoms with Crippen molar-refractivity contribution >= 4 is 23.6 Å². The topological polar surface area (TPSA) is 122 Å². The molecule has 2 unspecified atom stereocenters. The molecule has 0 amide bonds. The number of non-ortho nitro benzene ring substituents is 1. The van der Waals surface area contributed by atoms with E-state index in [1.54, 1.807) is 51.1 Å². The number of nitro benzene ring substituents is 1. The molecule has 33 heavy (non-hydrogen) atoms. The first kappa shape index (κ1) is 25.5. The fourth-order valence-corrected chi connectivity index (χ4v) is 3.63. The quantitative estimate of drug-likeness (QED) is 0.164. The standard InChI is InChI=1S/C24H27NO8/c1-4-31-22(26)20(16-10-8-7-9-11-16)19(17-12-14-18(15-13-17)25(29)30)21(23(27)32-5-2)24(28)33-6-3/h7-15,19-21H,4-6H2,1-3H3. The summed E-state index contributed by atoms with van der Waals surface area (Å²) >= 11 is 0. The Morgan fingerprint density at radius 1 is 0.758 bits per heavy atom. The molecule has 0 bridgehead atoms. The summed E-state index contributed by atoms with van der Waals surface area (Å²) in [5.74, 6) is -6.03. The third-order valence-corrected chi connectivity index (χ3v) is 4.99. The Bertz CT molecular complexity index is 940. The molecular weight excluding hydrogens is 430 g/mol. The van der Waals surface area contributed by atoms with Crippen molar-refractivity contribution in [2.45, 2.75) is 32.6 Å². The fraction of sp³-hybridized carbons (Fsp3) is 0.375. The molecule has 2 aromatic carbocycles. The van der Waals surface area contributed by atoms with Gasteiger partial charge in [0.05, 0.1) is 30.7 Å². The zero-order valence-electron chi connectivity index (χ0n) is 18.8. The highest BCUT2D eigenvalue weighted by molar-refractivity contribution is 5.97. The fourth-order valence-electron chi connectivity index (χ4n) is 3.63. The van der Waals surface area contributed by atoms with Crippen molar-refractivity contribution in [1.29, 1.82) is 0 Å². The van der Waals surface area contributed by atoms with Gasteiger partial charge in [-0.3, -0.25) is 24.5 Å². The van der Waals surface area contributed by atoms with Gasteiger partial charge in [0.2, 0.25) is 0 Å². The molecule has 0 heterocycles. The Morgan fingerprint density at radius 2 is 1.24 bits per heavy atom. The van der Waals surface area contributed by atoms with Crippen molar-refractivity contribution < 1.29 is 33.5 Å². The zero-order valence-corrected chi connectivity index (χ0v) is 18.8. The van der Waals surface area contributed by atoms with Gasteiger partial charge in [0, 0.05) is 18.1 Å². The molecule has 0 aliphatic rings. The second kappa shape index (κ2) is 12.3. The van der Waals surface area contributed by atoms with Crippen molar-refractivity contribution in [2.24, 2.45) is 5.92 Å². The van der Waals surface area contributed by atoms with Gasteiger partial charge in [-0.25, -0.2) is 0 Å². The van der Waals surface area contributed by atoms with Gasteiger partial charge in [-0.05, 0) is 31.9 Å². The van der Waals surface area contributed by atoms with Crippen LogP contribution < -0.4 is 0 Å². The first-order chi connectivity index (χ1) is 15.8. The molecule has 0 aliphatic heterocycles. The number of hydrogen-bond donors (Lipinski definition) is 0. The highest BCUT2D eigenvalue weighted by Crippen LogP contribution is 2.41. The van der Waals surface area contributed by atoms with Crippen LogP contribution in [-0.2, 0) is 28.6 Å². The predicted molar refractivity (Wildman–Crippen MR) is 118 cm³/mol. The number of nitrogens with zero attached hydrogens (tertiary/aromatic N) is 1. The van der Waals surface area contributed by atoms with Crippen molar-refractivity contribution in [3.63, 3.8) is 0 Å². The van der Waals surface area contributed by atoms with Gasteiger partial charge in [0.1, 0.15) is 0 Å². The van der Waals surface area contributed by atoms with Crippen LogP contribution in [0.1, 0.15) is 43.7 Å². The molecular formula is C24H27NO8. The molecule has 176 valence electrons. The van der Waals surface area contributed by atoms with Crippen LogP contribution in [0.5, 0.6) is 0 Å². The summed E-state index contributed by atoms with van der Waals surface area (Å²) in [6.07, 6.45) is 0. The lowest BCUT2D eigenvalue weighted by Gasteiger charge is -2.31. The molecule has 0 radical (unpaired) electrons. The molecule has 9 nitrogen and oxygen atoms in total. The lowest BCUT2D eigenvalue weighted by Crippen LogP contribution is -2.38. The van der Waals surface area contributed by atoms with Gasteiger partial charge < -0.3 is 14.2 Å². The van der Waals surface area contributed by atoms with E-state index in [9.17, 15) is 24.5 Å². The van der Waals surface area contributed by atoms with Crippen molar-refractivity contribution in [3.05, 3.63) is 75.8 Å². The number of nitro groups is 1. The van der Waals surface area contributed by atoms with E-state index < -0.39 is 40.6 Å². The van der Waals surface area contributed by atoms with Gasteiger partial charge in [0.15, 0.2) is 5.92 Å². The van der Waals surface area contributed by atoms with E-state index >= 15 is 0 Å². The Kier molecular flexibility index (Phi) is 9.53. The van der Waals surface area contributed by atoms with Crippen LogP contribution in [0, 0.1) is 16.0 Å². The monoisotopic (exact) mass is 457 g/mol. The molecule has 9 heteroatoms. The average molecular weight is 457 g/mol. The van der Waals surface area contributed by atoms with E-state index in [4.69, 9.17) is 14.2 Å². The Morgan fingerprint density at radius 3 is 1.70 bits per heavy atom. The van der Waals surface area contributed by atoms with Crippen molar-refractivity contribution in [3.8, 4) is 0 Å². The van der Waals surface area contributed by atoms with E-state index in [1.165, 1.54) is 24.3 Å². The van der Waals surface area contributed by atoms with Gasteiger partial charge in [-0.15, -0.1) is 0 Å². The molecule has 0 saturated heterocycles. The highest BCUT2D eigenvalue weighted by atomic mass is 16.6. The number of esters is 3. The van der Waals surface area contributed by atoms with Gasteiger partial charge in [-0.1, -0.05) is 42.5 Å². The maximum Gasteiger partial charge on any atom is 0.320 e. The second-order valence-electron chi connectivity index (χ2n) is 7.00. The van der Waals surface area contributed by atoms with E-state index in [2.05, 4.69) is 0 Å². The third-order valence-electron chi connectivity index (χ3n) is 4.99. The zero-order chi connectivity index (χ0) is 24.4. The molecule has 0 fully saturated rings. The van der Waals surface area contributed by atoms with E-state index in [0.717, 1.165) is 0 Å². The van der Waals surface area contributed by atoms with Crippen LogP contribution in [-0.4, -0.2) is 42.7 Å². The van der Waals surface area contributed by atoms with Crippen molar-refractivity contribution in [1.82, 2.24) is 0 Å². The number of rotatable bonds is 11. The Balaban J connectivity index is 2.76. The molecule has 0 N–H and O–H groups in total. The smallest absolute Gasteiger partial charge is 0.320 e. The molecule has 2 rings (SSSR count). The number of carbonyl (C=O) groups is 3. The summed E-state index contributed by atoms with van der Waals surface area (Å²) in [7, 11) is 0. The molecule has 2 aromatic rings. The Labute approximate surface area is 191 Å². The summed E-state index contributed by atoms with van der Waals surface area (Å²) in [6, 6.07) is 13.9. The Hall–Kier alpha value is -3.75. The summed E-state index contributed by atoms with van der Waals surface area (Å²) < 4.78 is 15.6. The minimum absolute atomic E-state index is 0.0110. The molecule has 0 aromatic heterocycles. The van der Waals surface area contributed by atoms with Crippen LogP contribution in [0.25, 0.3) is 0 Å². The summed E-state index contributed by atoms with van der Waals surface area (Å²) in [4.78, 5) is 49.7. The van der Waals surface area contributed by atoms with Crippen LogP contribution in [0.4, 0.5) is 5.69 Å². The molecule has 0 spiro atoms. The summed E-state index contributed by atoms with van der Waals surface area (Å²) in [5.41, 5.74) is 0.695. The van der Waals surface area contributed by atoms with Crippen LogP contribution in [0.3, 0.4) is 0 Å². The lowest BCUT2D eigenvalue weighted by molar-refractivity contribution is -0.384. The number of ether oxygens (including phenoxy) is 3.